The van der Waals surface area contributed by atoms with Gasteiger partial charge < -0.3 is 9.47 Å². The van der Waals surface area contributed by atoms with Crippen molar-refractivity contribution in [2.45, 2.75) is 47.0 Å². The van der Waals surface area contributed by atoms with Gasteiger partial charge in [0.1, 0.15) is 0 Å². The van der Waals surface area contributed by atoms with Gasteiger partial charge >= 0.3 is 11.9 Å². The van der Waals surface area contributed by atoms with Crippen molar-refractivity contribution in [2.24, 2.45) is 5.41 Å². The average molecular weight is 256 g/mol. The van der Waals surface area contributed by atoms with Gasteiger partial charge in [0.25, 0.3) is 0 Å². The van der Waals surface area contributed by atoms with Crippen molar-refractivity contribution >= 4 is 11.9 Å². The maximum Gasteiger partial charge on any atom is 0.333 e. The standard InChI is InChI=1S/C14H24O4/c1-6-14(4,5)13(16)18-10-8-7-9-17-12(15)11(2)3/h2,6-10H2,1,3-5H3. The Hall–Kier alpha value is -1.32. The van der Waals surface area contributed by atoms with Gasteiger partial charge in [0.05, 0.1) is 18.6 Å². The predicted octanol–water partition coefficient (Wildman–Crippen LogP) is 2.87. The van der Waals surface area contributed by atoms with Crippen molar-refractivity contribution in [3.63, 3.8) is 0 Å². The maximum atomic E-state index is 11.6. The Bertz CT molecular complexity index is 305. The van der Waals surface area contributed by atoms with E-state index in [2.05, 4.69) is 6.58 Å². The van der Waals surface area contributed by atoms with E-state index in [-0.39, 0.29) is 11.9 Å². The topological polar surface area (TPSA) is 52.6 Å². The Morgan fingerprint density at radius 1 is 1.11 bits per heavy atom. The molecule has 0 saturated carbocycles. The highest BCUT2D eigenvalue weighted by Crippen LogP contribution is 2.21. The van der Waals surface area contributed by atoms with Crippen LogP contribution in [0, 0.1) is 5.41 Å². The molecule has 0 aromatic rings. The second kappa shape index (κ2) is 7.90. The summed E-state index contributed by atoms with van der Waals surface area (Å²) in [5.41, 5.74) is -0.0296. The summed E-state index contributed by atoms with van der Waals surface area (Å²) in [5, 5.41) is 0. The molecule has 0 amide bonds. The van der Waals surface area contributed by atoms with Gasteiger partial charge in [0, 0.05) is 5.57 Å². The first kappa shape index (κ1) is 16.7. The number of esters is 2. The largest absolute Gasteiger partial charge is 0.465 e. The fourth-order valence-electron chi connectivity index (χ4n) is 0.997. The molecule has 0 heterocycles. The molecule has 0 unspecified atom stereocenters. The Labute approximate surface area is 109 Å². The average Bonchev–Trinajstić information content (AvgIpc) is 2.32. The van der Waals surface area contributed by atoms with Crippen LogP contribution < -0.4 is 0 Å². The number of carbonyl (C=O) groups is 2. The van der Waals surface area contributed by atoms with E-state index in [0.29, 0.717) is 31.6 Å². The Morgan fingerprint density at radius 2 is 1.61 bits per heavy atom. The summed E-state index contributed by atoms with van der Waals surface area (Å²) >= 11 is 0. The van der Waals surface area contributed by atoms with Gasteiger partial charge in [0.2, 0.25) is 0 Å². The lowest BCUT2D eigenvalue weighted by Gasteiger charge is -2.20. The summed E-state index contributed by atoms with van der Waals surface area (Å²) in [4.78, 5) is 22.7. The molecule has 18 heavy (non-hydrogen) atoms. The second-order valence-electron chi connectivity index (χ2n) is 5.00. The first-order valence-corrected chi connectivity index (χ1v) is 6.31. The minimum Gasteiger partial charge on any atom is -0.465 e. The molecular formula is C14H24O4. The molecule has 0 saturated heterocycles. The van der Waals surface area contributed by atoms with Gasteiger partial charge in [-0.15, -0.1) is 0 Å². The molecule has 0 radical (unpaired) electrons. The molecule has 0 atom stereocenters. The summed E-state index contributed by atoms with van der Waals surface area (Å²) < 4.78 is 10.1. The first-order chi connectivity index (χ1) is 8.31. The lowest BCUT2D eigenvalue weighted by Crippen LogP contribution is -2.26. The van der Waals surface area contributed by atoms with Crippen LogP contribution in [0.5, 0.6) is 0 Å². The van der Waals surface area contributed by atoms with Gasteiger partial charge in [0.15, 0.2) is 0 Å². The number of unbranched alkanes of at least 4 members (excludes halogenated alkanes) is 1. The van der Waals surface area contributed by atoms with E-state index in [4.69, 9.17) is 9.47 Å². The zero-order valence-electron chi connectivity index (χ0n) is 11.9. The summed E-state index contributed by atoms with van der Waals surface area (Å²) in [5.74, 6) is -0.553. The van der Waals surface area contributed by atoms with Crippen LogP contribution in [0.4, 0.5) is 0 Å². The van der Waals surface area contributed by atoms with Crippen molar-refractivity contribution in [1.82, 2.24) is 0 Å². The van der Waals surface area contributed by atoms with E-state index in [1.54, 1.807) is 6.92 Å². The third kappa shape index (κ3) is 6.42. The van der Waals surface area contributed by atoms with Crippen LogP contribution in [0.3, 0.4) is 0 Å². The van der Waals surface area contributed by atoms with E-state index in [1.165, 1.54) is 0 Å². The minimum absolute atomic E-state index is 0.177. The lowest BCUT2D eigenvalue weighted by atomic mass is 9.91. The number of carbonyl (C=O) groups excluding carboxylic acids is 2. The Morgan fingerprint density at radius 3 is 2.06 bits per heavy atom. The van der Waals surface area contributed by atoms with Crippen LogP contribution in [0.25, 0.3) is 0 Å². The van der Waals surface area contributed by atoms with Gasteiger partial charge in [-0.3, -0.25) is 4.79 Å². The Kier molecular flexibility index (Phi) is 7.32. The normalized spacial score (nSPS) is 10.9. The van der Waals surface area contributed by atoms with Crippen LogP contribution in [0.2, 0.25) is 0 Å². The number of hydrogen-bond donors (Lipinski definition) is 0. The van der Waals surface area contributed by atoms with Gasteiger partial charge in [-0.05, 0) is 40.0 Å². The maximum absolute atomic E-state index is 11.6. The molecule has 0 aliphatic heterocycles. The molecule has 0 aliphatic carbocycles. The summed E-state index contributed by atoms with van der Waals surface area (Å²) in [6.45, 7) is 11.5. The predicted molar refractivity (Wildman–Crippen MR) is 70.0 cm³/mol. The van der Waals surface area contributed by atoms with Crippen molar-refractivity contribution < 1.29 is 19.1 Å². The molecule has 0 rings (SSSR count). The van der Waals surface area contributed by atoms with Crippen molar-refractivity contribution in [3.8, 4) is 0 Å². The molecule has 104 valence electrons. The highest BCUT2D eigenvalue weighted by molar-refractivity contribution is 5.86. The van der Waals surface area contributed by atoms with Crippen LogP contribution in [0.1, 0.15) is 47.0 Å². The second-order valence-corrected chi connectivity index (χ2v) is 5.00. The molecule has 4 heteroatoms. The highest BCUT2D eigenvalue weighted by atomic mass is 16.5. The lowest BCUT2D eigenvalue weighted by molar-refractivity contribution is -0.154. The molecule has 0 fully saturated rings. The molecule has 0 spiro atoms. The molecule has 0 aliphatic rings. The summed E-state index contributed by atoms with van der Waals surface area (Å²) in [7, 11) is 0. The molecule has 4 nitrogen and oxygen atoms in total. The quantitative estimate of drug-likeness (QED) is 0.380. The van der Waals surface area contributed by atoms with Crippen LogP contribution in [-0.2, 0) is 19.1 Å². The summed E-state index contributed by atoms with van der Waals surface area (Å²) in [6.07, 6.45) is 2.12. The third-order valence-electron chi connectivity index (χ3n) is 2.79. The van der Waals surface area contributed by atoms with Crippen molar-refractivity contribution in [1.29, 1.82) is 0 Å². The first-order valence-electron chi connectivity index (χ1n) is 6.31. The third-order valence-corrected chi connectivity index (χ3v) is 2.79. The van der Waals surface area contributed by atoms with E-state index in [9.17, 15) is 9.59 Å². The molecule has 0 N–H and O–H groups in total. The van der Waals surface area contributed by atoms with Gasteiger partial charge in [-0.25, -0.2) is 4.79 Å². The van der Waals surface area contributed by atoms with E-state index >= 15 is 0 Å². The Balaban J connectivity index is 3.61. The van der Waals surface area contributed by atoms with Crippen LogP contribution in [-0.4, -0.2) is 25.2 Å². The van der Waals surface area contributed by atoms with Crippen molar-refractivity contribution in [2.75, 3.05) is 13.2 Å². The van der Waals surface area contributed by atoms with Gasteiger partial charge in [-0.1, -0.05) is 13.5 Å². The number of ether oxygens (including phenoxy) is 2. The molecule has 0 aromatic heterocycles. The van der Waals surface area contributed by atoms with Crippen molar-refractivity contribution in [3.05, 3.63) is 12.2 Å². The zero-order chi connectivity index (χ0) is 14.2. The molecular weight excluding hydrogens is 232 g/mol. The SMILES string of the molecule is C=C(C)C(=O)OCCCCOC(=O)C(C)(C)CC. The molecule has 0 aromatic carbocycles. The van der Waals surface area contributed by atoms with Crippen LogP contribution in [0.15, 0.2) is 12.2 Å². The minimum atomic E-state index is -0.424. The van der Waals surface area contributed by atoms with E-state index in [1.807, 2.05) is 20.8 Å². The van der Waals surface area contributed by atoms with Crippen LogP contribution >= 0.6 is 0 Å². The highest BCUT2D eigenvalue weighted by Gasteiger charge is 2.26. The fraction of sp³-hybridized carbons (Fsp3) is 0.714. The summed E-state index contributed by atoms with van der Waals surface area (Å²) in [6, 6.07) is 0. The smallest absolute Gasteiger partial charge is 0.333 e. The zero-order valence-corrected chi connectivity index (χ0v) is 11.9. The van der Waals surface area contributed by atoms with E-state index < -0.39 is 5.41 Å². The number of hydrogen-bond acceptors (Lipinski definition) is 4. The van der Waals surface area contributed by atoms with E-state index in [0.717, 1.165) is 6.42 Å². The fourth-order valence-corrected chi connectivity index (χ4v) is 0.997. The van der Waals surface area contributed by atoms with Gasteiger partial charge in [-0.2, -0.15) is 0 Å². The number of rotatable bonds is 8. The molecule has 0 bridgehead atoms. The monoisotopic (exact) mass is 256 g/mol.